The Morgan fingerprint density at radius 1 is 1.00 bits per heavy atom. The molecule has 3 aromatic rings. The molecule has 1 heterocycles. The number of pyridine rings is 1. The maximum atomic E-state index is 12.1. The van der Waals surface area contributed by atoms with Gasteiger partial charge in [0.15, 0.2) is 9.84 Å². The summed E-state index contributed by atoms with van der Waals surface area (Å²) in [6.07, 6.45) is 5.80. The molecule has 5 heteroatoms. The molecule has 0 aliphatic carbocycles. The second-order valence-corrected chi connectivity index (χ2v) is 8.21. The van der Waals surface area contributed by atoms with Gasteiger partial charge in [0.2, 0.25) is 0 Å². The Kier molecular flexibility index (Phi) is 5.41. The molecule has 0 amide bonds. The predicted octanol–water partition coefficient (Wildman–Crippen LogP) is 3.47. The van der Waals surface area contributed by atoms with Gasteiger partial charge in [-0.3, -0.25) is 4.98 Å². The fourth-order valence-electron chi connectivity index (χ4n) is 2.93. The van der Waals surface area contributed by atoms with Crippen molar-refractivity contribution in [2.45, 2.75) is 11.8 Å². The van der Waals surface area contributed by atoms with Crippen molar-refractivity contribution in [1.82, 2.24) is 4.98 Å². The fraction of sp³-hybridized carbons (Fsp3) is 0.136. The van der Waals surface area contributed by atoms with Gasteiger partial charge in [-0.25, -0.2) is 8.42 Å². The summed E-state index contributed by atoms with van der Waals surface area (Å²) in [5, 5.41) is 8.92. The van der Waals surface area contributed by atoms with Crippen molar-refractivity contribution in [2.24, 2.45) is 0 Å². The van der Waals surface area contributed by atoms with E-state index in [-0.39, 0.29) is 10.6 Å². The first-order valence-electron chi connectivity index (χ1n) is 8.44. The molecule has 0 saturated carbocycles. The van der Waals surface area contributed by atoms with Gasteiger partial charge in [-0.05, 0) is 42.3 Å². The number of hydrogen-bond acceptors (Lipinski definition) is 4. The standard InChI is InChI=1S/C22H19NO3S/c1-3-19-20(7-5-8-21(19)22-9-4-6-16(2)23-22)17-10-12-18(13-11-17)27(25,26)15-14-24/h1,4-13,24H,14-15H2,2H3. The first kappa shape index (κ1) is 18.8. The number of terminal acetylenes is 1. The lowest BCUT2D eigenvalue weighted by atomic mass is 9.94. The molecule has 2 aromatic carbocycles. The predicted molar refractivity (Wildman–Crippen MR) is 107 cm³/mol. The smallest absolute Gasteiger partial charge is 0.180 e. The lowest BCUT2D eigenvalue weighted by molar-refractivity contribution is 0.319. The largest absolute Gasteiger partial charge is 0.395 e. The Bertz CT molecular complexity index is 1110. The number of sulfone groups is 1. The molecule has 27 heavy (non-hydrogen) atoms. The minimum atomic E-state index is -3.48. The Morgan fingerprint density at radius 3 is 2.30 bits per heavy atom. The first-order chi connectivity index (χ1) is 13.0. The summed E-state index contributed by atoms with van der Waals surface area (Å²) in [4.78, 5) is 4.73. The van der Waals surface area contributed by atoms with Crippen molar-refractivity contribution >= 4 is 9.84 Å². The molecule has 0 unspecified atom stereocenters. The van der Waals surface area contributed by atoms with Crippen LogP contribution in [0.4, 0.5) is 0 Å². The minimum absolute atomic E-state index is 0.180. The van der Waals surface area contributed by atoms with E-state index in [2.05, 4.69) is 10.9 Å². The summed E-state index contributed by atoms with van der Waals surface area (Å²) in [5.41, 5.74) is 4.92. The number of aromatic nitrogens is 1. The van der Waals surface area contributed by atoms with E-state index in [0.29, 0.717) is 5.56 Å². The Balaban J connectivity index is 2.08. The van der Waals surface area contributed by atoms with Gasteiger partial charge in [-0.15, -0.1) is 6.42 Å². The van der Waals surface area contributed by atoms with Gasteiger partial charge < -0.3 is 5.11 Å². The molecule has 1 aromatic heterocycles. The van der Waals surface area contributed by atoms with E-state index < -0.39 is 16.4 Å². The molecule has 0 saturated heterocycles. The van der Waals surface area contributed by atoms with Gasteiger partial charge >= 0.3 is 0 Å². The highest BCUT2D eigenvalue weighted by molar-refractivity contribution is 7.91. The van der Waals surface area contributed by atoms with E-state index >= 15 is 0 Å². The fourth-order valence-corrected chi connectivity index (χ4v) is 3.96. The zero-order valence-corrected chi connectivity index (χ0v) is 15.7. The molecule has 3 rings (SSSR count). The minimum Gasteiger partial charge on any atom is -0.395 e. The zero-order valence-electron chi connectivity index (χ0n) is 14.9. The quantitative estimate of drug-likeness (QED) is 0.692. The van der Waals surface area contributed by atoms with Crippen molar-refractivity contribution < 1.29 is 13.5 Å². The molecule has 0 atom stereocenters. The molecule has 136 valence electrons. The third kappa shape index (κ3) is 3.92. The Hall–Kier alpha value is -2.94. The zero-order chi connectivity index (χ0) is 19.4. The van der Waals surface area contributed by atoms with Gasteiger partial charge in [0.1, 0.15) is 0 Å². The van der Waals surface area contributed by atoms with Crippen LogP contribution in [-0.4, -0.2) is 30.9 Å². The molecular formula is C22H19NO3S. The monoisotopic (exact) mass is 377 g/mol. The maximum Gasteiger partial charge on any atom is 0.180 e. The summed E-state index contributed by atoms with van der Waals surface area (Å²) in [7, 11) is -3.48. The van der Waals surface area contributed by atoms with E-state index in [4.69, 9.17) is 11.5 Å². The van der Waals surface area contributed by atoms with Gasteiger partial charge in [0.25, 0.3) is 0 Å². The summed E-state index contributed by atoms with van der Waals surface area (Å²) in [5.74, 6) is 2.46. The van der Waals surface area contributed by atoms with Crippen molar-refractivity contribution in [3.63, 3.8) is 0 Å². The molecule has 0 radical (unpaired) electrons. The number of rotatable bonds is 5. The van der Waals surface area contributed by atoms with Gasteiger partial charge in [0, 0.05) is 16.8 Å². The molecule has 1 N–H and O–H groups in total. The van der Waals surface area contributed by atoms with Crippen LogP contribution in [-0.2, 0) is 9.84 Å². The highest BCUT2D eigenvalue weighted by Crippen LogP contribution is 2.31. The van der Waals surface area contributed by atoms with Crippen LogP contribution in [0.1, 0.15) is 11.3 Å². The van der Waals surface area contributed by atoms with Crippen LogP contribution in [0.2, 0.25) is 0 Å². The lowest BCUT2D eigenvalue weighted by Gasteiger charge is -2.12. The number of aliphatic hydroxyl groups excluding tert-OH is 1. The summed E-state index contributed by atoms with van der Waals surface area (Å²) in [6, 6.07) is 18.1. The number of hydrogen-bond donors (Lipinski definition) is 1. The van der Waals surface area contributed by atoms with Crippen LogP contribution < -0.4 is 0 Å². The number of benzene rings is 2. The van der Waals surface area contributed by atoms with E-state index in [9.17, 15) is 8.42 Å². The Labute approximate surface area is 159 Å². The molecular weight excluding hydrogens is 358 g/mol. The van der Waals surface area contributed by atoms with Gasteiger partial charge in [-0.2, -0.15) is 0 Å². The average Bonchev–Trinajstić information content (AvgIpc) is 2.67. The molecule has 4 nitrogen and oxygen atoms in total. The van der Waals surface area contributed by atoms with Crippen LogP contribution in [0.3, 0.4) is 0 Å². The number of aryl methyl sites for hydroxylation is 1. The molecule has 0 aliphatic heterocycles. The summed E-state index contributed by atoms with van der Waals surface area (Å²) < 4.78 is 24.1. The van der Waals surface area contributed by atoms with Crippen LogP contribution >= 0.6 is 0 Å². The second kappa shape index (κ2) is 7.75. The molecule has 0 fully saturated rings. The van der Waals surface area contributed by atoms with Crippen LogP contribution in [0.15, 0.2) is 65.6 Å². The highest BCUT2D eigenvalue weighted by atomic mass is 32.2. The third-order valence-electron chi connectivity index (χ3n) is 4.26. The maximum absolute atomic E-state index is 12.1. The highest BCUT2D eigenvalue weighted by Gasteiger charge is 2.15. The van der Waals surface area contributed by atoms with E-state index in [1.807, 2.05) is 43.3 Å². The molecule has 0 bridgehead atoms. The number of aliphatic hydroxyl groups is 1. The van der Waals surface area contributed by atoms with Crippen molar-refractivity contribution in [3.05, 3.63) is 71.9 Å². The van der Waals surface area contributed by atoms with Gasteiger partial charge in [-0.1, -0.05) is 42.3 Å². The topological polar surface area (TPSA) is 67.3 Å². The van der Waals surface area contributed by atoms with Crippen molar-refractivity contribution in [1.29, 1.82) is 0 Å². The van der Waals surface area contributed by atoms with Crippen LogP contribution in [0, 0.1) is 19.3 Å². The molecule has 0 aliphatic rings. The normalized spacial score (nSPS) is 11.1. The third-order valence-corrected chi connectivity index (χ3v) is 5.97. The summed E-state index contributed by atoms with van der Waals surface area (Å²) >= 11 is 0. The SMILES string of the molecule is C#Cc1c(-c2ccc(S(=O)(=O)CCO)cc2)cccc1-c1cccc(C)n1. The summed E-state index contributed by atoms with van der Waals surface area (Å²) in [6.45, 7) is 1.52. The van der Waals surface area contributed by atoms with Crippen molar-refractivity contribution in [2.75, 3.05) is 12.4 Å². The van der Waals surface area contributed by atoms with E-state index in [1.165, 1.54) is 12.1 Å². The second-order valence-electron chi connectivity index (χ2n) is 6.10. The Morgan fingerprint density at radius 2 is 1.67 bits per heavy atom. The van der Waals surface area contributed by atoms with E-state index in [0.717, 1.165) is 28.1 Å². The number of nitrogens with zero attached hydrogens (tertiary/aromatic N) is 1. The van der Waals surface area contributed by atoms with E-state index in [1.54, 1.807) is 12.1 Å². The molecule has 0 spiro atoms. The van der Waals surface area contributed by atoms with Crippen LogP contribution in [0.5, 0.6) is 0 Å². The first-order valence-corrected chi connectivity index (χ1v) is 10.1. The lowest BCUT2D eigenvalue weighted by Crippen LogP contribution is -2.09. The van der Waals surface area contributed by atoms with Gasteiger partial charge in [0.05, 0.1) is 22.9 Å². The van der Waals surface area contributed by atoms with Crippen LogP contribution in [0.25, 0.3) is 22.4 Å². The average molecular weight is 377 g/mol. The van der Waals surface area contributed by atoms with Crippen molar-refractivity contribution in [3.8, 4) is 34.7 Å².